The molecule has 2 aromatic heterocycles. The Kier molecular flexibility index (Phi) is 8.48. The third-order valence-corrected chi connectivity index (χ3v) is 5.19. The number of amides is 3. The van der Waals surface area contributed by atoms with Crippen LogP contribution in [-0.2, 0) is 9.53 Å². The summed E-state index contributed by atoms with van der Waals surface area (Å²) in [7, 11) is 7.37. The Morgan fingerprint density at radius 3 is 2.25 bits per heavy atom. The molecule has 1 aliphatic rings. The number of epoxide rings is 1. The van der Waals surface area contributed by atoms with Crippen LogP contribution in [0.2, 0.25) is 0 Å². The van der Waals surface area contributed by atoms with Gasteiger partial charge in [-0.05, 0) is 46.1 Å². The first kappa shape index (κ1) is 25.4. The average Bonchev–Trinajstić information content (AvgIpc) is 3.12. The number of ether oxygens (including phenoxy) is 1. The van der Waals surface area contributed by atoms with Crippen LogP contribution < -0.4 is 10.2 Å². The molecule has 3 heterocycles. The van der Waals surface area contributed by atoms with Crippen molar-refractivity contribution in [2.75, 3.05) is 51.5 Å². The molecule has 0 bridgehead atoms. The average molecular weight is 467 g/mol. The van der Waals surface area contributed by atoms with E-state index in [4.69, 9.17) is 4.74 Å². The van der Waals surface area contributed by atoms with Gasteiger partial charge >= 0.3 is 0 Å². The largest absolute Gasteiger partial charge is 0.359 e. The number of carbonyl (C=O) groups is 3. The van der Waals surface area contributed by atoms with Crippen molar-refractivity contribution in [2.45, 2.75) is 25.6 Å². The number of halogens is 1. The number of nitrogens with one attached hydrogen (secondary N) is 3. The minimum absolute atomic E-state index is 0. The van der Waals surface area contributed by atoms with Crippen LogP contribution >= 0.6 is 12.4 Å². The van der Waals surface area contributed by atoms with Crippen LogP contribution in [0.3, 0.4) is 0 Å². The Bertz CT molecular complexity index is 956. The predicted octanol–water partition coefficient (Wildman–Crippen LogP) is 1.79. The van der Waals surface area contributed by atoms with Crippen molar-refractivity contribution >= 4 is 41.5 Å². The van der Waals surface area contributed by atoms with E-state index in [-0.39, 0.29) is 36.2 Å². The number of hydrogen-bond donors (Lipinski definition) is 3. The lowest BCUT2D eigenvalue weighted by Crippen LogP contribution is -2.30. The van der Waals surface area contributed by atoms with Crippen molar-refractivity contribution in [3.63, 3.8) is 0 Å². The van der Waals surface area contributed by atoms with Crippen LogP contribution in [0.15, 0.2) is 24.5 Å². The summed E-state index contributed by atoms with van der Waals surface area (Å²) in [6.45, 7) is 3.36. The minimum Gasteiger partial charge on any atom is -0.359 e. The summed E-state index contributed by atoms with van der Waals surface area (Å²) in [5, 5.41) is 2.72. The van der Waals surface area contributed by atoms with Gasteiger partial charge in [0, 0.05) is 33.0 Å². The topological polar surface area (TPSA) is 117 Å². The number of hydrogen-bond acceptors (Lipinski definition) is 5. The number of anilines is 2. The molecular formula is C21H31ClN6O4. The fourth-order valence-corrected chi connectivity index (χ4v) is 3.19. The molecule has 2 unspecified atom stereocenters. The van der Waals surface area contributed by atoms with Gasteiger partial charge in [-0.3, -0.25) is 14.4 Å². The zero-order chi connectivity index (χ0) is 22.7. The lowest BCUT2D eigenvalue weighted by molar-refractivity contribution is -0.117. The van der Waals surface area contributed by atoms with Crippen molar-refractivity contribution in [2.24, 2.45) is 0 Å². The SMILES string of the molecule is CC1OC1C(=O)Nc1c[nH]c(C(=O)N(C)c2c[nH]c(C(=O)N(C)CCCN(C)C)c2)c1.Cl. The summed E-state index contributed by atoms with van der Waals surface area (Å²) in [4.78, 5) is 48.4. The van der Waals surface area contributed by atoms with Gasteiger partial charge < -0.3 is 34.7 Å². The van der Waals surface area contributed by atoms with E-state index in [1.54, 1.807) is 43.5 Å². The molecule has 3 N–H and O–H groups in total. The Morgan fingerprint density at radius 1 is 1.00 bits per heavy atom. The first-order valence-electron chi connectivity index (χ1n) is 10.2. The number of rotatable bonds is 9. The molecule has 11 heteroatoms. The maximum absolute atomic E-state index is 12.8. The number of H-pyrrole nitrogens is 2. The van der Waals surface area contributed by atoms with E-state index in [1.165, 1.54) is 4.90 Å². The van der Waals surface area contributed by atoms with Crippen molar-refractivity contribution in [3.05, 3.63) is 35.9 Å². The molecule has 0 saturated carbocycles. The van der Waals surface area contributed by atoms with Crippen molar-refractivity contribution in [1.82, 2.24) is 19.8 Å². The fourth-order valence-electron chi connectivity index (χ4n) is 3.19. The zero-order valence-electron chi connectivity index (χ0n) is 19.0. The van der Waals surface area contributed by atoms with Gasteiger partial charge in [0.2, 0.25) is 0 Å². The summed E-state index contributed by atoms with van der Waals surface area (Å²) in [5.74, 6) is -0.663. The number of carbonyl (C=O) groups excluding carboxylic acids is 3. The van der Waals surface area contributed by atoms with Crippen molar-refractivity contribution in [3.8, 4) is 0 Å². The zero-order valence-corrected chi connectivity index (χ0v) is 19.8. The first-order chi connectivity index (χ1) is 14.7. The van der Waals surface area contributed by atoms with Gasteiger partial charge in [0.05, 0.1) is 17.5 Å². The first-order valence-corrected chi connectivity index (χ1v) is 10.2. The second kappa shape index (κ2) is 10.7. The Morgan fingerprint density at radius 2 is 1.62 bits per heavy atom. The Hall–Kier alpha value is -2.82. The Balaban J connectivity index is 0.00000363. The molecule has 2 aromatic rings. The molecule has 176 valence electrons. The molecular weight excluding hydrogens is 436 g/mol. The lowest BCUT2D eigenvalue weighted by Gasteiger charge is -2.18. The molecule has 2 atom stereocenters. The number of aromatic amines is 2. The predicted molar refractivity (Wildman–Crippen MR) is 125 cm³/mol. The highest BCUT2D eigenvalue weighted by molar-refractivity contribution is 6.06. The highest BCUT2D eigenvalue weighted by atomic mass is 35.5. The maximum atomic E-state index is 12.8. The van der Waals surface area contributed by atoms with E-state index in [0.29, 0.717) is 29.3 Å². The van der Waals surface area contributed by atoms with E-state index in [9.17, 15) is 14.4 Å². The molecule has 0 radical (unpaired) electrons. The van der Waals surface area contributed by atoms with Crippen LogP contribution in [0.4, 0.5) is 11.4 Å². The highest BCUT2D eigenvalue weighted by Gasteiger charge is 2.41. The van der Waals surface area contributed by atoms with Gasteiger partial charge in [-0.1, -0.05) is 0 Å². The standard InChI is InChI=1S/C21H30N6O4.ClH/c1-13-18(31-13)19(28)24-14-9-16(22-11-14)21(30)27(5)15-10-17(23-12-15)20(29)26(4)8-6-7-25(2)3;/h9-13,18,22-23H,6-8H2,1-5H3,(H,24,28);1H. The van der Waals surface area contributed by atoms with E-state index < -0.39 is 6.10 Å². The van der Waals surface area contributed by atoms with E-state index in [2.05, 4.69) is 20.2 Å². The number of nitrogens with zero attached hydrogens (tertiary/aromatic N) is 3. The number of aromatic nitrogens is 2. The molecule has 0 spiro atoms. The quantitative estimate of drug-likeness (QED) is 0.487. The van der Waals surface area contributed by atoms with Crippen molar-refractivity contribution < 1.29 is 19.1 Å². The van der Waals surface area contributed by atoms with E-state index in [1.807, 2.05) is 21.0 Å². The normalized spacial score (nSPS) is 16.9. The summed E-state index contributed by atoms with van der Waals surface area (Å²) in [6, 6.07) is 3.22. The molecule has 3 rings (SSSR count). The third kappa shape index (κ3) is 6.12. The van der Waals surface area contributed by atoms with Crippen LogP contribution in [0.25, 0.3) is 0 Å². The summed E-state index contributed by atoms with van der Waals surface area (Å²) in [6.07, 6.45) is 3.53. The van der Waals surface area contributed by atoms with Gasteiger partial charge in [-0.25, -0.2) is 0 Å². The van der Waals surface area contributed by atoms with Crippen LogP contribution in [0, 0.1) is 0 Å². The summed E-state index contributed by atoms with van der Waals surface area (Å²) < 4.78 is 5.14. The molecule has 0 aliphatic carbocycles. The van der Waals surface area contributed by atoms with Gasteiger partial charge in [0.15, 0.2) is 6.10 Å². The van der Waals surface area contributed by atoms with Crippen LogP contribution in [0.1, 0.15) is 34.3 Å². The van der Waals surface area contributed by atoms with Crippen LogP contribution in [-0.4, -0.2) is 91.0 Å². The molecule has 0 aromatic carbocycles. The second-order valence-electron chi connectivity index (χ2n) is 8.07. The van der Waals surface area contributed by atoms with Crippen molar-refractivity contribution in [1.29, 1.82) is 0 Å². The molecule has 3 amide bonds. The molecule has 1 aliphatic heterocycles. The van der Waals surface area contributed by atoms with Gasteiger partial charge in [0.1, 0.15) is 11.4 Å². The minimum atomic E-state index is -0.437. The van der Waals surface area contributed by atoms with Gasteiger partial charge in [0.25, 0.3) is 17.7 Å². The monoisotopic (exact) mass is 466 g/mol. The maximum Gasteiger partial charge on any atom is 0.274 e. The summed E-state index contributed by atoms with van der Waals surface area (Å²) >= 11 is 0. The Labute approximate surface area is 193 Å². The van der Waals surface area contributed by atoms with E-state index in [0.717, 1.165) is 13.0 Å². The molecule has 1 saturated heterocycles. The highest BCUT2D eigenvalue weighted by Crippen LogP contribution is 2.23. The van der Waals surface area contributed by atoms with Crippen LogP contribution in [0.5, 0.6) is 0 Å². The summed E-state index contributed by atoms with van der Waals surface area (Å²) in [5.41, 5.74) is 1.79. The second-order valence-corrected chi connectivity index (χ2v) is 8.07. The van der Waals surface area contributed by atoms with Gasteiger partial charge in [-0.2, -0.15) is 0 Å². The smallest absolute Gasteiger partial charge is 0.274 e. The molecule has 10 nitrogen and oxygen atoms in total. The molecule has 32 heavy (non-hydrogen) atoms. The molecule has 1 fully saturated rings. The third-order valence-electron chi connectivity index (χ3n) is 5.19. The lowest BCUT2D eigenvalue weighted by atomic mass is 10.3. The fraction of sp³-hybridized carbons (Fsp3) is 0.476. The van der Waals surface area contributed by atoms with E-state index >= 15 is 0 Å². The van der Waals surface area contributed by atoms with Gasteiger partial charge in [-0.15, -0.1) is 12.4 Å².